The second-order valence-corrected chi connectivity index (χ2v) is 8.10. The lowest BCUT2D eigenvalue weighted by molar-refractivity contribution is -0.137. The Morgan fingerprint density at radius 1 is 1.12 bits per heavy atom. The fourth-order valence-electron chi connectivity index (χ4n) is 3.58. The summed E-state index contributed by atoms with van der Waals surface area (Å²) in [5.41, 5.74) is 2.17. The zero-order chi connectivity index (χ0) is 23.0. The van der Waals surface area contributed by atoms with Crippen LogP contribution >= 0.6 is 11.8 Å². The van der Waals surface area contributed by atoms with E-state index in [4.69, 9.17) is 0 Å². The second-order valence-electron chi connectivity index (χ2n) is 7.32. The quantitative estimate of drug-likeness (QED) is 0.521. The van der Waals surface area contributed by atoms with Gasteiger partial charge in [-0.05, 0) is 49.4 Å². The molecular formula is C22H20F3N5OS. The summed E-state index contributed by atoms with van der Waals surface area (Å²) in [6.07, 6.45) is -2.63. The van der Waals surface area contributed by atoms with Gasteiger partial charge >= 0.3 is 6.18 Å². The molecule has 0 aliphatic carbocycles. The Morgan fingerprint density at radius 3 is 2.44 bits per heavy atom. The number of benzene rings is 2. The van der Waals surface area contributed by atoms with Gasteiger partial charge in [0.1, 0.15) is 6.04 Å². The maximum atomic E-state index is 13.4. The number of amides is 1. The maximum absolute atomic E-state index is 13.4. The monoisotopic (exact) mass is 459 g/mol. The smallest absolute Gasteiger partial charge is 0.328 e. The van der Waals surface area contributed by atoms with Crippen LogP contribution in [0.15, 0.2) is 65.0 Å². The molecule has 0 bridgehead atoms. The van der Waals surface area contributed by atoms with E-state index >= 15 is 0 Å². The predicted molar refractivity (Wildman–Crippen MR) is 118 cm³/mol. The number of fused-ring (bicyclic) bond motifs is 1. The molecule has 1 amide bonds. The minimum absolute atomic E-state index is 0.345. The molecule has 0 saturated carbocycles. The lowest BCUT2D eigenvalue weighted by atomic mass is 9.94. The van der Waals surface area contributed by atoms with Crippen LogP contribution in [0, 0.1) is 6.92 Å². The van der Waals surface area contributed by atoms with E-state index in [1.54, 1.807) is 13.0 Å². The molecule has 1 aliphatic heterocycles. The molecule has 2 aromatic carbocycles. The lowest BCUT2D eigenvalue weighted by Gasteiger charge is -2.29. The van der Waals surface area contributed by atoms with Crippen molar-refractivity contribution in [3.63, 3.8) is 0 Å². The molecule has 1 aliphatic rings. The topological polar surface area (TPSA) is 71.8 Å². The zero-order valence-corrected chi connectivity index (χ0v) is 18.3. The Bertz CT molecular complexity index is 1200. The first-order valence-electron chi connectivity index (χ1n) is 9.71. The van der Waals surface area contributed by atoms with Gasteiger partial charge in [0.05, 0.1) is 11.1 Å². The number of allylic oxidation sites excluding steroid dienone is 1. The number of nitrogens with one attached hydrogen (secondary N) is 2. The molecule has 4 rings (SSSR count). The van der Waals surface area contributed by atoms with Crippen molar-refractivity contribution < 1.29 is 18.0 Å². The number of aromatic nitrogens is 3. The van der Waals surface area contributed by atoms with Crippen LogP contribution in [-0.2, 0) is 11.0 Å². The summed E-state index contributed by atoms with van der Waals surface area (Å²) in [6, 6.07) is 11.4. The molecule has 0 spiro atoms. The van der Waals surface area contributed by atoms with Gasteiger partial charge in [0.15, 0.2) is 0 Å². The molecule has 166 valence electrons. The third kappa shape index (κ3) is 4.10. The zero-order valence-electron chi connectivity index (χ0n) is 17.5. The maximum Gasteiger partial charge on any atom is 0.416 e. The predicted octanol–water partition coefficient (Wildman–Crippen LogP) is 5.25. The summed E-state index contributed by atoms with van der Waals surface area (Å²) in [7, 11) is 0. The number of hydrogen-bond donors (Lipinski definition) is 2. The number of halogens is 3. The summed E-state index contributed by atoms with van der Waals surface area (Å²) < 4.78 is 40.8. The molecule has 2 N–H and O–H groups in total. The molecule has 2 heterocycles. The van der Waals surface area contributed by atoms with Gasteiger partial charge in [-0.2, -0.15) is 18.2 Å². The van der Waals surface area contributed by atoms with Crippen molar-refractivity contribution in [2.24, 2.45) is 0 Å². The molecule has 3 aromatic rings. The van der Waals surface area contributed by atoms with Gasteiger partial charge in [-0.15, -0.1) is 5.10 Å². The number of para-hydroxylation sites is 1. The van der Waals surface area contributed by atoms with Crippen molar-refractivity contribution in [3.05, 3.63) is 76.5 Å². The lowest BCUT2D eigenvalue weighted by Crippen LogP contribution is -2.31. The second kappa shape index (κ2) is 8.34. The van der Waals surface area contributed by atoms with Crippen LogP contribution in [-0.4, -0.2) is 26.9 Å². The van der Waals surface area contributed by atoms with E-state index in [0.29, 0.717) is 33.6 Å². The fourth-order valence-corrected chi connectivity index (χ4v) is 3.92. The highest BCUT2D eigenvalue weighted by Crippen LogP contribution is 2.38. The summed E-state index contributed by atoms with van der Waals surface area (Å²) in [5.74, 6) is 0.0465. The van der Waals surface area contributed by atoms with Crippen LogP contribution in [0.25, 0.3) is 0 Å². The third-order valence-electron chi connectivity index (χ3n) is 5.21. The standard InChI is InChI=1S/C22H20F3N5OS/c1-12-6-4-5-7-16(12)27-19(31)17-13(2)26-20-28-21(32-3)29-30(20)18(17)14-8-10-15(11-9-14)22(23,24)25/h4-11,18H,1-3H3,(H,27,31)(H,26,28,29). The molecular weight excluding hydrogens is 439 g/mol. The first-order chi connectivity index (χ1) is 15.2. The number of rotatable bonds is 4. The van der Waals surface area contributed by atoms with Crippen LogP contribution in [0.5, 0.6) is 0 Å². The highest BCUT2D eigenvalue weighted by Gasteiger charge is 2.36. The van der Waals surface area contributed by atoms with Gasteiger partial charge in [0, 0.05) is 11.4 Å². The average molecular weight is 459 g/mol. The third-order valence-corrected chi connectivity index (χ3v) is 5.75. The Morgan fingerprint density at radius 2 is 1.81 bits per heavy atom. The minimum Gasteiger partial charge on any atom is -0.328 e. The number of alkyl halides is 3. The van der Waals surface area contributed by atoms with Crippen molar-refractivity contribution in [1.82, 2.24) is 14.8 Å². The summed E-state index contributed by atoms with van der Waals surface area (Å²) in [5, 5.41) is 11.0. The van der Waals surface area contributed by atoms with E-state index in [2.05, 4.69) is 20.7 Å². The van der Waals surface area contributed by atoms with Crippen molar-refractivity contribution in [2.45, 2.75) is 31.2 Å². The molecule has 0 radical (unpaired) electrons. The minimum atomic E-state index is -4.45. The van der Waals surface area contributed by atoms with E-state index in [9.17, 15) is 18.0 Å². The van der Waals surface area contributed by atoms with Crippen LogP contribution in [0.3, 0.4) is 0 Å². The molecule has 0 fully saturated rings. The van der Waals surface area contributed by atoms with Crippen molar-refractivity contribution in [3.8, 4) is 0 Å². The number of hydrogen-bond acceptors (Lipinski definition) is 5. The van der Waals surface area contributed by atoms with Crippen molar-refractivity contribution in [1.29, 1.82) is 0 Å². The number of carbonyl (C=O) groups excluding carboxylic acids is 1. The van der Waals surface area contributed by atoms with Crippen LogP contribution in [0.2, 0.25) is 0 Å². The molecule has 32 heavy (non-hydrogen) atoms. The summed E-state index contributed by atoms with van der Waals surface area (Å²) in [4.78, 5) is 17.8. The number of nitrogens with zero attached hydrogens (tertiary/aromatic N) is 3. The molecule has 1 unspecified atom stereocenters. The van der Waals surface area contributed by atoms with E-state index in [-0.39, 0.29) is 5.91 Å². The average Bonchev–Trinajstić information content (AvgIpc) is 3.16. The van der Waals surface area contributed by atoms with E-state index in [1.165, 1.54) is 28.6 Å². The van der Waals surface area contributed by atoms with E-state index < -0.39 is 17.8 Å². The number of carbonyl (C=O) groups is 1. The van der Waals surface area contributed by atoms with Gasteiger partial charge in [0.25, 0.3) is 5.91 Å². The van der Waals surface area contributed by atoms with Crippen LogP contribution in [0.4, 0.5) is 24.8 Å². The molecule has 0 saturated heterocycles. The molecule has 1 atom stereocenters. The Balaban J connectivity index is 1.79. The Kier molecular flexibility index (Phi) is 5.72. The highest BCUT2D eigenvalue weighted by molar-refractivity contribution is 7.98. The molecule has 6 nitrogen and oxygen atoms in total. The van der Waals surface area contributed by atoms with Gasteiger partial charge < -0.3 is 10.6 Å². The van der Waals surface area contributed by atoms with Crippen molar-refractivity contribution in [2.75, 3.05) is 16.9 Å². The molecule has 1 aromatic heterocycles. The van der Waals surface area contributed by atoms with Gasteiger partial charge in [0.2, 0.25) is 11.1 Å². The SMILES string of the molecule is CSc1nc2n(n1)C(c1ccc(C(F)(F)F)cc1)C(C(=O)Nc1ccccc1C)=C(C)N2. The first kappa shape index (κ1) is 21.9. The summed E-state index contributed by atoms with van der Waals surface area (Å²) >= 11 is 1.33. The number of anilines is 2. The number of aryl methyl sites for hydroxylation is 1. The van der Waals surface area contributed by atoms with Gasteiger partial charge in [-0.3, -0.25) is 4.79 Å². The Labute approximate surface area is 186 Å². The summed E-state index contributed by atoms with van der Waals surface area (Å²) in [6.45, 7) is 3.62. The highest BCUT2D eigenvalue weighted by atomic mass is 32.2. The first-order valence-corrected chi connectivity index (χ1v) is 10.9. The van der Waals surface area contributed by atoms with E-state index in [0.717, 1.165) is 17.7 Å². The normalized spacial score (nSPS) is 15.9. The van der Waals surface area contributed by atoms with Crippen LogP contribution < -0.4 is 10.6 Å². The van der Waals surface area contributed by atoms with Crippen molar-refractivity contribution >= 4 is 29.3 Å². The number of thioether (sulfide) groups is 1. The Hall–Kier alpha value is -3.27. The fraction of sp³-hybridized carbons (Fsp3) is 0.227. The van der Waals surface area contributed by atoms with Crippen LogP contribution in [0.1, 0.15) is 29.7 Å². The van der Waals surface area contributed by atoms with Gasteiger partial charge in [-0.25, -0.2) is 4.68 Å². The van der Waals surface area contributed by atoms with Gasteiger partial charge in [-0.1, -0.05) is 42.1 Å². The molecule has 10 heteroatoms. The van der Waals surface area contributed by atoms with E-state index in [1.807, 2.05) is 31.4 Å². The largest absolute Gasteiger partial charge is 0.416 e.